The summed E-state index contributed by atoms with van der Waals surface area (Å²) in [6.07, 6.45) is 0.801. The number of carbonyl (C=O) groups is 4. The van der Waals surface area contributed by atoms with Gasteiger partial charge in [0.15, 0.2) is 0 Å². The molecule has 0 atom stereocenters. The number of urea groups is 1. The van der Waals surface area contributed by atoms with Crippen LogP contribution in [0.1, 0.15) is 25.7 Å². The van der Waals surface area contributed by atoms with E-state index in [2.05, 4.69) is 10.1 Å². The number of nitrogens with one attached hydrogen (secondary N) is 1. The van der Waals surface area contributed by atoms with Crippen LogP contribution in [0.3, 0.4) is 0 Å². The van der Waals surface area contributed by atoms with Crippen molar-refractivity contribution in [1.82, 2.24) is 10.2 Å². The van der Waals surface area contributed by atoms with Crippen LogP contribution < -0.4 is 5.32 Å². The summed E-state index contributed by atoms with van der Waals surface area (Å²) in [5.41, 5.74) is 0. The predicted molar refractivity (Wildman–Crippen MR) is 64.3 cm³/mol. The van der Waals surface area contributed by atoms with Gasteiger partial charge in [-0.1, -0.05) is 0 Å². The molecule has 8 nitrogen and oxygen atoms in total. The van der Waals surface area contributed by atoms with Crippen LogP contribution in [-0.4, -0.2) is 54.6 Å². The van der Waals surface area contributed by atoms with Crippen molar-refractivity contribution in [3.63, 3.8) is 0 Å². The Balaban J connectivity index is 3.88. The minimum absolute atomic E-state index is 0.0104. The van der Waals surface area contributed by atoms with Crippen LogP contribution in [0.5, 0.6) is 0 Å². The molecule has 0 fully saturated rings. The van der Waals surface area contributed by atoms with Crippen molar-refractivity contribution in [2.24, 2.45) is 0 Å². The molecular formula is C11H18N2O6. The zero-order chi connectivity index (χ0) is 14.8. The number of aliphatic carboxylic acids is 1. The summed E-state index contributed by atoms with van der Waals surface area (Å²) in [7, 11) is 2.55. The summed E-state index contributed by atoms with van der Waals surface area (Å²) >= 11 is 0. The first-order valence-electron chi connectivity index (χ1n) is 5.70. The normalized spacial score (nSPS) is 9.58. The Morgan fingerprint density at radius 2 is 1.74 bits per heavy atom. The number of unbranched alkanes of at least 4 members (excludes halogenated alkanes) is 1. The van der Waals surface area contributed by atoms with Gasteiger partial charge < -0.3 is 14.7 Å². The van der Waals surface area contributed by atoms with Gasteiger partial charge in [-0.15, -0.1) is 0 Å². The molecule has 0 aliphatic rings. The average Bonchev–Trinajstić information content (AvgIpc) is 2.34. The highest BCUT2D eigenvalue weighted by Crippen LogP contribution is 1.99. The molecule has 2 N–H and O–H groups in total. The van der Waals surface area contributed by atoms with Gasteiger partial charge in [-0.3, -0.25) is 19.7 Å². The lowest BCUT2D eigenvalue weighted by molar-refractivity contribution is -0.141. The van der Waals surface area contributed by atoms with E-state index in [1.54, 1.807) is 0 Å². The van der Waals surface area contributed by atoms with Gasteiger partial charge in [-0.05, 0) is 12.8 Å². The zero-order valence-corrected chi connectivity index (χ0v) is 11.0. The lowest BCUT2D eigenvalue weighted by Gasteiger charge is -2.15. The van der Waals surface area contributed by atoms with Gasteiger partial charge >= 0.3 is 18.0 Å². The number of hydrogen-bond acceptors (Lipinski definition) is 5. The zero-order valence-electron chi connectivity index (χ0n) is 11.0. The van der Waals surface area contributed by atoms with Gasteiger partial charge in [0.2, 0.25) is 5.91 Å². The fourth-order valence-corrected chi connectivity index (χ4v) is 1.17. The molecule has 0 unspecified atom stereocenters. The predicted octanol–water partition coefficient (Wildman–Crippen LogP) is -0.0276. The summed E-state index contributed by atoms with van der Waals surface area (Å²) < 4.78 is 4.38. The second-order valence-electron chi connectivity index (χ2n) is 3.89. The minimum atomic E-state index is -0.922. The van der Waals surface area contributed by atoms with E-state index in [9.17, 15) is 19.2 Å². The maximum Gasteiger partial charge on any atom is 0.325 e. The number of carboxylic acids is 1. The van der Waals surface area contributed by atoms with Crippen LogP contribution >= 0.6 is 0 Å². The van der Waals surface area contributed by atoms with E-state index in [0.717, 1.165) is 4.90 Å². The topological polar surface area (TPSA) is 113 Å². The molecule has 0 aromatic heterocycles. The molecule has 0 aliphatic heterocycles. The molecule has 0 aromatic carbocycles. The summed E-state index contributed by atoms with van der Waals surface area (Å²) in [4.78, 5) is 44.9. The Labute approximate surface area is 110 Å². The van der Waals surface area contributed by atoms with Crippen molar-refractivity contribution in [3.05, 3.63) is 0 Å². The van der Waals surface area contributed by atoms with Crippen molar-refractivity contribution in [2.45, 2.75) is 25.7 Å². The number of ether oxygens (including phenoxy) is 1. The Bertz CT molecular complexity index is 355. The lowest BCUT2D eigenvalue weighted by Crippen LogP contribution is -2.43. The third-order valence-electron chi connectivity index (χ3n) is 2.23. The van der Waals surface area contributed by atoms with Crippen molar-refractivity contribution in [3.8, 4) is 0 Å². The number of likely N-dealkylation sites (N-methyl/N-ethyl adjacent to an activating group) is 1. The number of carbonyl (C=O) groups excluding carboxylic acids is 3. The molecule has 0 rings (SSSR count). The van der Waals surface area contributed by atoms with E-state index < -0.39 is 23.9 Å². The first-order valence-corrected chi connectivity index (χ1v) is 5.70. The van der Waals surface area contributed by atoms with E-state index in [0.29, 0.717) is 12.8 Å². The number of imide groups is 1. The molecule has 0 saturated heterocycles. The van der Waals surface area contributed by atoms with Crippen LogP contribution in [0.15, 0.2) is 0 Å². The maximum atomic E-state index is 11.4. The van der Waals surface area contributed by atoms with Crippen LogP contribution in [0, 0.1) is 0 Å². The fraction of sp³-hybridized carbons (Fsp3) is 0.636. The van der Waals surface area contributed by atoms with Gasteiger partial charge in [-0.25, -0.2) is 4.79 Å². The van der Waals surface area contributed by atoms with Gasteiger partial charge in [-0.2, -0.15) is 0 Å². The maximum absolute atomic E-state index is 11.4. The van der Waals surface area contributed by atoms with E-state index >= 15 is 0 Å². The van der Waals surface area contributed by atoms with Crippen LogP contribution in [-0.2, 0) is 19.1 Å². The smallest absolute Gasteiger partial charge is 0.325 e. The number of nitrogens with zero attached hydrogens (tertiary/aromatic N) is 1. The molecule has 0 heterocycles. The van der Waals surface area contributed by atoms with Gasteiger partial charge in [0, 0.05) is 19.9 Å². The number of rotatable bonds is 7. The third-order valence-corrected chi connectivity index (χ3v) is 2.23. The molecule has 0 saturated carbocycles. The van der Waals surface area contributed by atoms with E-state index in [4.69, 9.17) is 5.11 Å². The monoisotopic (exact) mass is 274 g/mol. The van der Waals surface area contributed by atoms with Gasteiger partial charge in [0.05, 0.1) is 7.11 Å². The van der Waals surface area contributed by atoms with Crippen molar-refractivity contribution in [1.29, 1.82) is 0 Å². The molecule has 0 radical (unpaired) electrons. The molecule has 0 bridgehead atoms. The number of esters is 1. The molecule has 0 aliphatic carbocycles. The average molecular weight is 274 g/mol. The second-order valence-corrected chi connectivity index (χ2v) is 3.89. The highest BCUT2D eigenvalue weighted by atomic mass is 16.5. The Hall–Kier alpha value is -2.12. The fourth-order valence-electron chi connectivity index (χ4n) is 1.17. The Morgan fingerprint density at radius 1 is 1.16 bits per heavy atom. The Kier molecular flexibility index (Phi) is 7.90. The summed E-state index contributed by atoms with van der Waals surface area (Å²) in [6, 6.07) is -0.700. The summed E-state index contributed by atoms with van der Waals surface area (Å²) in [5, 5.41) is 10.5. The number of hydrogen-bond donors (Lipinski definition) is 2. The number of carboxylic acid groups (broad SMARTS) is 1. The summed E-state index contributed by atoms with van der Waals surface area (Å²) in [6.45, 7) is -0.255. The molecule has 3 amide bonds. The number of amides is 3. The van der Waals surface area contributed by atoms with Crippen molar-refractivity contribution in [2.75, 3.05) is 20.7 Å². The quantitative estimate of drug-likeness (QED) is 0.498. The lowest BCUT2D eigenvalue weighted by atomic mass is 10.2. The molecule has 0 aromatic rings. The highest BCUT2D eigenvalue weighted by molar-refractivity contribution is 5.95. The largest absolute Gasteiger partial charge is 0.481 e. The van der Waals surface area contributed by atoms with Crippen LogP contribution in [0.4, 0.5) is 4.79 Å². The molecular weight excluding hydrogens is 256 g/mol. The number of methoxy groups -OCH3 is 1. The summed E-state index contributed by atoms with van der Waals surface area (Å²) in [5.74, 6) is -2.02. The minimum Gasteiger partial charge on any atom is -0.481 e. The Morgan fingerprint density at radius 3 is 2.26 bits per heavy atom. The first-order chi connectivity index (χ1) is 8.86. The van der Waals surface area contributed by atoms with Gasteiger partial charge in [0.25, 0.3) is 0 Å². The molecule has 0 spiro atoms. The van der Waals surface area contributed by atoms with E-state index in [1.165, 1.54) is 14.2 Å². The standard InChI is InChI=1S/C11H18N2O6/c1-13(7-10(17)19-2)11(18)12-8(14)5-3-4-6-9(15)16/h3-7H2,1-2H3,(H,15,16)(H,12,14,18). The highest BCUT2D eigenvalue weighted by Gasteiger charge is 2.15. The van der Waals surface area contributed by atoms with E-state index in [1.807, 2.05) is 0 Å². The van der Waals surface area contributed by atoms with Crippen LogP contribution in [0.25, 0.3) is 0 Å². The molecule has 19 heavy (non-hydrogen) atoms. The third kappa shape index (κ3) is 8.58. The van der Waals surface area contributed by atoms with Crippen LogP contribution in [0.2, 0.25) is 0 Å². The first kappa shape index (κ1) is 16.9. The molecule has 8 heteroatoms. The van der Waals surface area contributed by atoms with E-state index in [-0.39, 0.29) is 19.4 Å². The van der Waals surface area contributed by atoms with Crippen molar-refractivity contribution >= 4 is 23.9 Å². The van der Waals surface area contributed by atoms with Gasteiger partial charge in [0.1, 0.15) is 6.54 Å². The van der Waals surface area contributed by atoms with Crippen molar-refractivity contribution < 1.29 is 29.0 Å². The second kappa shape index (κ2) is 8.90. The SMILES string of the molecule is COC(=O)CN(C)C(=O)NC(=O)CCCCC(=O)O. The molecule has 108 valence electrons.